The second-order valence-electron chi connectivity index (χ2n) is 7.08. The highest BCUT2D eigenvalue weighted by Gasteiger charge is 2.28. The van der Waals surface area contributed by atoms with Gasteiger partial charge in [-0.1, -0.05) is 31.5 Å². The van der Waals surface area contributed by atoms with E-state index in [1.54, 1.807) is 6.07 Å². The summed E-state index contributed by atoms with van der Waals surface area (Å²) >= 11 is 0. The minimum absolute atomic E-state index is 0.00654. The fourth-order valence-corrected chi connectivity index (χ4v) is 3.06. The Kier molecular flexibility index (Phi) is 6.37. The third-order valence-electron chi connectivity index (χ3n) is 4.56. The van der Waals surface area contributed by atoms with Crippen molar-refractivity contribution in [2.45, 2.75) is 64.6 Å². The Morgan fingerprint density at radius 3 is 2.42 bits per heavy atom. The summed E-state index contributed by atoms with van der Waals surface area (Å²) in [4.78, 5) is 25.0. The number of hydrogen-bond donors (Lipinski definition) is 3. The molecule has 5 heteroatoms. The lowest BCUT2D eigenvalue weighted by molar-refractivity contribution is -0.125. The molecule has 1 aromatic carbocycles. The first-order valence-electron chi connectivity index (χ1n) is 8.72. The SMILES string of the molecule is Cc1cccc(C(=O)NC(C(=O)NC2CCC(O)CC2)C(C)C)c1. The first kappa shape index (κ1) is 18.5. The summed E-state index contributed by atoms with van der Waals surface area (Å²) in [6.45, 7) is 5.78. The molecule has 0 radical (unpaired) electrons. The van der Waals surface area contributed by atoms with Gasteiger partial charge in [-0.05, 0) is 50.7 Å². The van der Waals surface area contributed by atoms with Gasteiger partial charge in [-0.15, -0.1) is 0 Å². The number of aryl methyl sites for hydroxylation is 1. The zero-order valence-corrected chi connectivity index (χ0v) is 14.7. The van der Waals surface area contributed by atoms with Gasteiger partial charge in [0.15, 0.2) is 0 Å². The molecule has 1 aliphatic rings. The van der Waals surface area contributed by atoms with Crippen LogP contribution in [0.2, 0.25) is 0 Å². The predicted molar refractivity (Wildman–Crippen MR) is 93.7 cm³/mol. The van der Waals surface area contributed by atoms with Gasteiger partial charge in [0.1, 0.15) is 6.04 Å². The van der Waals surface area contributed by atoms with Crippen LogP contribution in [0.5, 0.6) is 0 Å². The van der Waals surface area contributed by atoms with E-state index in [1.807, 2.05) is 39.0 Å². The highest BCUT2D eigenvalue weighted by atomic mass is 16.3. The Labute approximate surface area is 143 Å². The first-order chi connectivity index (χ1) is 11.4. The first-order valence-corrected chi connectivity index (χ1v) is 8.72. The average molecular weight is 332 g/mol. The van der Waals surface area contributed by atoms with Crippen molar-refractivity contribution in [1.82, 2.24) is 10.6 Å². The molecule has 0 aromatic heterocycles. The quantitative estimate of drug-likeness (QED) is 0.773. The molecule has 0 bridgehead atoms. The smallest absolute Gasteiger partial charge is 0.251 e. The molecule has 5 nitrogen and oxygen atoms in total. The second-order valence-corrected chi connectivity index (χ2v) is 7.08. The number of carbonyl (C=O) groups excluding carboxylic acids is 2. The number of benzene rings is 1. The molecule has 3 N–H and O–H groups in total. The predicted octanol–water partition coefficient (Wildman–Crippen LogP) is 2.17. The van der Waals surface area contributed by atoms with Gasteiger partial charge in [0.05, 0.1) is 6.10 Å². The lowest BCUT2D eigenvalue weighted by Crippen LogP contribution is -2.52. The van der Waals surface area contributed by atoms with Crippen molar-refractivity contribution in [2.24, 2.45) is 5.92 Å². The Balaban J connectivity index is 1.98. The Hall–Kier alpha value is -1.88. The molecule has 0 heterocycles. The topological polar surface area (TPSA) is 78.4 Å². The molecule has 0 aliphatic heterocycles. The van der Waals surface area contributed by atoms with Crippen molar-refractivity contribution in [3.05, 3.63) is 35.4 Å². The summed E-state index contributed by atoms with van der Waals surface area (Å²) in [5.41, 5.74) is 1.57. The van der Waals surface area contributed by atoms with Crippen molar-refractivity contribution in [3.63, 3.8) is 0 Å². The van der Waals surface area contributed by atoms with Crippen LogP contribution in [-0.4, -0.2) is 35.1 Å². The molecular weight excluding hydrogens is 304 g/mol. The van der Waals surface area contributed by atoms with Gasteiger partial charge < -0.3 is 15.7 Å². The van der Waals surface area contributed by atoms with E-state index in [2.05, 4.69) is 10.6 Å². The Morgan fingerprint density at radius 2 is 1.83 bits per heavy atom. The van der Waals surface area contributed by atoms with Crippen LogP contribution in [0.4, 0.5) is 0 Å². The normalized spacial score (nSPS) is 22.0. The summed E-state index contributed by atoms with van der Waals surface area (Å²) in [5.74, 6) is -0.382. The average Bonchev–Trinajstić information content (AvgIpc) is 2.54. The fourth-order valence-electron chi connectivity index (χ4n) is 3.06. The van der Waals surface area contributed by atoms with Gasteiger partial charge >= 0.3 is 0 Å². The summed E-state index contributed by atoms with van der Waals surface area (Å²) < 4.78 is 0. The number of hydrogen-bond acceptors (Lipinski definition) is 3. The zero-order chi connectivity index (χ0) is 17.7. The molecule has 132 valence electrons. The van der Waals surface area contributed by atoms with E-state index in [0.717, 1.165) is 18.4 Å². The Morgan fingerprint density at radius 1 is 1.17 bits per heavy atom. The van der Waals surface area contributed by atoms with Gasteiger partial charge in [-0.2, -0.15) is 0 Å². The number of rotatable bonds is 5. The fraction of sp³-hybridized carbons (Fsp3) is 0.579. The van der Waals surface area contributed by atoms with E-state index in [1.165, 1.54) is 0 Å². The van der Waals surface area contributed by atoms with Crippen molar-refractivity contribution in [1.29, 1.82) is 0 Å². The van der Waals surface area contributed by atoms with Crippen LogP contribution in [0.3, 0.4) is 0 Å². The number of aliphatic hydroxyl groups excluding tert-OH is 1. The van der Waals surface area contributed by atoms with Crippen molar-refractivity contribution < 1.29 is 14.7 Å². The van der Waals surface area contributed by atoms with Gasteiger partial charge in [0, 0.05) is 11.6 Å². The Bertz CT molecular complexity index is 578. The molecule has 1 aromatic rings. The van der Waals surface area contributed by atoms with Crippen molar-refractivity contribution >= 4 is 11.8 Å². The van der Waals surface area contributed by atoms with Crippen LogP contribution >= 0.6 is 0 Å². The summed E-state index contributed by atoms with van der Waals surface area (Å²) in [7, 11) is 0. The number of amides is 2. The molecule has 2 amide bonds. The minimum Gasteiger partial charge on any atom is -0.393 e. The van der Waals surface area contributed by atoms with Gasteiger partial charge in [0.25, 0.3) is 5.91 Å². The van der Waals surface area contributed by atoms with E-state index >= 15 is 0 Å². The highest BCUT2D eigenvalue weighted by molar-refractivity contribution is 5.97. The molecule has 0 saturated heterocycles. The molecule has 1 aliphatic carbocycles. The summed E-state index contributed by atoms with van der Waals surface area (Å²) in [5, 5.41) is 15.4. The third-order valence-corrected chi connectivity index (χ3v) is 4.56. The molecule has 2 rings (SSSR count). The minimum atomic E-state index is -0.565. The van der Waals surface area contributed by atoms with Crippen LogP contribution in [0.1, 0.15) is 55.5 Å². The van der Waals surface area contributed by atoms with E-state index in [9.17, 15) is 14.7 Å². The standard InChI is InChI=1S/C19H28N2O3/c1-12(2)17(19(24)20-15-7-9-16(22)10-8-15)21-18(23)14-6-4-5-13(3)11-14/h4-6,11-12,15-17,22H,7-10H2,1-3H3,(H,20,24)(H,21,23). The molecule has 24 heavy (non-hydrogen) atoms. The third kappa shape index (κ3) is 5.06. The van der Waals surface area contributed by atoms with Gasteiger partial charge in [-0.25, -0.2) is 0 Å². The van der Waals surface area contributed by atoms with Crippen molar-refractivity contribution in [2.75, 3.05) is 0 Å². The van der Waals surface area contributed by atoms with Crippen molar-refractivity contribution in [3.8, 4) is 0 Å². The van der Waals surface area contributed by atoms with E-state index < -0.39 is 6.04 Å². The number of carbonyl (C=O) groups is 2. The number of aliphatic hydroxyl groups is 1. The van der Waals surface area contributed by atoms with E-state index in [0.29, 0.717) is 18.4 Å². The summed E-state index contributed by atoms with van der Waals surface area (Å²) in [6.07, 6.45) is 2.74. The maximum Gasteiger partial charge on any atom is 0.251 e. The molecule has 1 atom stereocenters. The highest BCUT2D eigenvalue weighted by Crippen LogP contribution is 2.18. The molecular formula is C19H28N2O3. The maximum absolute atomic E-state index is 12.6. The van der Waals surface area contributed by atoms with Crippen LogP contribution < -0.4 is 10.6 Å². The lowest BCUT2D eigenvalue weighted by Gasteiger charge is -2.29. The number of nitrogens with one attached hydrogen (secondary N) is 2. The van der Waals surface area contributed by atoms with Gasteiger partial charge in [0.2, 0.25) is 5.91 Å². The second kappa shape index (κ2) is 8.29. The zero-order valence-electron chi connectivity index (χ0n) is 14.7. The molecule has 1 fully saturated rings. The van der Waals surface area contributed by atoms with E-state index in [4.69, 9.17) is 0 Å². The largest absolute Gasteiger partial charge is 0.393 e. The molecule has 1 saturated carbocycles. The maximum atomic E-state index is 12.6. The molecule has 0 spiro atoms. The summed E-state index contributed by atoms with van der Waals surface area (Å²) in [6, 6.07) is 6.85. The van der Waals surface area contributed by atoms with Crippen LogP contribution in [0, 0.1) is 12.8 Å². The molecule has 1 unspecified atom stereocenters. The monoisotopic (exact) mass is 332 g/mol. The van der Waals surface area contributed by atoms with Crippen LogP contribution in [-0.2, 0) is 4.79 Å². The van der Waals surface area contributed by atoms with Crippen LogP contribution in [0.25, 0.3) is 0 Å². The van der Waals surface area contributed by atoms with Gasteiger partial charge in [-0.3, -0.25) is 9.59 Å². The van der Waals surface area contributed by atoms with E-state index in [-0.39, 0.29) is 29.9 Å². The van der Waals surface area contributed by atoms with Crippen LogP contribution in [0.15, 0.2) is 24.3 Å². The lowest BCUT2D eigenvalue weighted by atomic mass is 9.92.